The maximum absolute atomic E-state index is 13.5. The predicted molar refractivity (Wildman–Crippen MR) is 81.3 cm³/mol. The number of primary amides is 1. The molecule has 2 aromatic rings. The Morgan fingerprint density at radius 3 is 2.12 bits per heavy atom. The molecule has 0 aliphatic rings. The summed E-state index contributed by atoms with van der Waals surface area (Å²) in [6, 6.07) is 7.52. The van der Waals surface area contributed by atoms with Crippen molar-refractivity contribution in [1.29, 1.82) is 0 Å². The summed E-state index contributed by atoms with van der Waals surface area (Å²) in [7, 11) is 0. The van der Waals surface area contributed by atoms with E-state index in [-0.39, 0.29) is 12.0 Å². The van der Waals surface area contributed by atoms with Crippen LogP contribution in [0.3, 0.4) is 0 Å². The fourth-order valence-corrected chi connectivity index (χ4v) is 2.19. The summed E-state index contributed by atoms with van der Waals surface area (Å²) in [4.78, 5) is 23.4. The fourth-order valence-electron chi connectivity index (χ4n) is 2.19. The highest BCUT2D eigenvalue weighted by molar-refractivity contribution is 5.87. The maximum Gasteiger partial charge on any atom is 0.240 e. The van der Waals surface area contributed by atoms with Crippen LogP contribution in [0.1, 0.15) is 11.1 Å². The van der Waals surface area contributed by atoms with Crippen LogP contribution >= 0.6 is 0 Å². The molecule has 0 heterocycles. The topological polar surface area (TPSA) is 72.2 Å². The number of amides is 2. The van der Waals surface area contributed by atoms with E-state index < -0.39 is 41.7 Å². The number of benzene rings is 2. The molecule has 0 radical (unpaired) electrons. The minimum absolute atomic E-state index is 0.0428. The van der Waals surface area contributed by atoms with E-state index >= 15 is 0 Å². The first-order valence-corrected chi connectivity index (χ1v) is 7.13. The van der Waals surface area contributed by atoms with Gasteiger partial charge >= 0.3 is 0 Å². The average Bonchev–Trinajstić information content (AvgIpc) is 2.52. The Morgan fingerprint density at radius 1 is 1.00 bits per heavy atom. The molecule has 2 aromatic carbocycles. The van der Waals surface area contributed by atoms with E-state index in [9.17, 15) is 22.8 Å². The number of carbonyl (C=O) groups is 2. The molecule has 0 spiro atoms. The molecule has 4 nitrogen and oxygen atoms in total. The first-order chi connectivity index (χ1) is 11.4. The zero-order valence-electron chi connectivity index (χ0n) is 12.6. The quantitative estimate of drug-likeness (QED) is 0.845. The Balaban J connectivity index is 2.06. The molecule has 126 valence electrons. The van der Waals surface area contributed by atoms with Crippen LogP contribution in [-0.4, -0.2) is 17.9 Å². The molecule has 0 aliphatic heterocycles. The van der Waals surface area contributed by atoms with Gasteiger partial charge in [0.1, 0.15) is 23.5 Å². The van der Waals surface area contributed by atoms with Gasteiger partial charge in [0.15, 0.2) is 0 Å². The van der Waals surface area contributed by atoms with Crippen LogP contribution in [0.5, 0.6) is 0 Å². The first kappa shape index (κ1) is 17.5. The van der Waals surface area contributed by atoms with E-state index in [0.717, 1.165) is 12.1 Å². The van der Waals surface area contributed by atoms with Crippen molar-refractivity contribution >= 4 is 11.8 Å². The van der Waals surface area contributed by atoms with Gasteiger partial charge in [-0.15, -0.1) is 0 Å². The highest BCUT2D eigenvalue weighted by Crippen LogP contribution is 2.13. The van der Waals surface area contributed by atoms with Gasteiger partial charge in [0.05, 0.1) is 6.42 Å². The Labute approximate surface area is 136 Å². The van der Waals surface area contributed by atoms with Gasteiger partial charge in [-0.25, -0.2) is 13.2 Å². The van der Waals surface area contributed by atoms with E-state index in [1.807, 2.05) is 0 Å². The smallest absolute Gasteiger partial charge is 0.240 e. The number of hydrogen-bond donors (Lipinski definition) is 2. The van der Waals surface area contributed by atoms with E-state index in [4.69, 9.17) is 5.73 Å². The minimum Gasteiger partial charge on any atom is -0.368 e. The summed E-state index contributed by atoms with van der Waals surface area (Å²) in [6.07, 6.45) is -0.521. The molecule has 2 rings (SSSR count). The monoisotopic (exact) mass is 336 g/mol. The zero-order valence-corrected chi connectivity index (χ0v) is 12.6. The fraction of sp³-hybridized carbons (Fsp3) is 0.176. The molecule has 0 fully saturated rings. The van der Waals surface area contributed by atoms with Crippen molar-refractivity contribution in [2.24, 2.45) is 5.73 Å². The third-order valence-corrected chi connectivity index (χ3v) is 3.43. The number of hydrogen-bond acceptors (Lipinski definition) is 2. The van der Waals surface area contributed by atoms with E-state index in [1.54, 1.807) is 0 Å². The maximum atomic E-state index is 13.5. The Kier molecular flexibility index (Phi) is 5.57. The van der Waals surface area contributed by atoms with Gasteiger partial charge in [-0.05, 0) is 29.8 Å². The van der Waals surface area contributed by atoms with Gasteiger partial charge < -0.3 is 11.1 Å². The van der Waals surface area contributed by atoms with Gasteiger partial charge in [-0.3, -0.25) is 9.59 Å². The normalized spacial score (nSPS) is 11.8. The number of rotatable bonds is 6. The molecule has 2 amide bonds. The summed E-state index contributed by atoms with van der Waals surface area (Å²) in [6.45, 7) is 0. The van der Waals surface area contributed by atoms with Gasteiger partial charge in [-0.1, -0.05) is 18.2 Å². The van der Waals surface area contributed by atoms with E-state index in [0.29, 0.717) is 5.56 Å². The molecule has 3 N–H and O–H groups in total. The number of halogens is 3. The number of nitrogens with one attached hydrogen (secondary N) is 1. The van der Waals surface area contributed by atoms with Crippen LogP contribution in [0.25, 0.3) is 0 Å². The van der Waals surface area contributed by atoms with Crippen molar-refractivity contribution < 1.29 is 22.8 Å². The zero-order chi connectivity index (χ0) is 17.7. The summed E-state index contributed by atoms with van der Waals surface area (Å²) in [5.41, 5.74) is 5.43. The summed E-state index contributed by atoms with van der Waals surface area (Å²) >= 11 is 0. The van der Waals surface area contributed by atoms with E-state index in [1.165, 1.54) is 30.3 Å². The third-order valence-electron chi connectivity index (χ3n) is 3.43. The van der Waals surface area contributed by atoms with Gasteiger partial charge in [-0.2, -0.15) is 0 Å². The predicted octanol–water partition coefficient (Wildman–Crippen LogP) is 1.86. The lowest BCUT2D eigenvalue weighted by Crippen LogP contribution is -2.46. The van der Waals surface area contributed by atoms with Crippen LogP contribution in [0.4, 0.5) is 13.2 Å². The molecule has 0 saturated heterocycles. The van der Waals surface area contributed by atoms with Crippen molar-refractivity contribution in [2.45, 2.75) is 18.9 Å². The standard InChI is InChI=1S/C17H15F3N2O2/c18-11-6-4-10(5-7-11)8-15(17(21)24)22-16(23)9-12-13(19)2-1-3-14(12)20/h1-7,15H,8-9H2,(H2,21,24)(H,22,23)/t15-/m1/s1. The van der Waals surface area contributed by atoms with Crippen molar-refractivity contribution in [3.63, 3.8) is 0 Å². The van der Waals surface area contributed by atoms with E-state index in [2.05, 4.69) is 5.32 Å². The van der Waals surface area contributed by atoms with Crippen molar-refractivity contribution in [3.8, 4) is 0 Å². The highest BCUT2D eigenvalue weighted by Gasteiger charge is 2.20. The number of carbonyl (C=O) groups excluding carboxylic acids is 2. The van der Waals surface area contributed by atoms with Crippen LogP contribution < -0.4 is 11.1 Å². The van der Waals surface area contributed by atoms with Crippen molar-refractivity contribution in [1.82, 2.24) is 5.32 Å². The second kappa shape index (κ2) is 7.63. The average molecular weight is 336 g/mol. The van der Waals surface area contributed by atoms with Crippen LogP contribution in [0.2, 0.25) is 0 Å². The van der Waals surface area contributed by atoms with Crippen LogP contribution in [-0.2, 0) is 22.4 Å². The lowest BCUT2D eigenvalue weighted by molar-refractivity contribution is -0.127. The SMILES string of the molecule is NC(=O)[C@@H](Cc1ccc(F)cc1)NC(=O)Cc1c(F)cccc1F. The second-order valence-corrected chi connectivity index (χ2v) is 5.23. The Morgan fingerprint density at radius 2 is 1.58 bits per heavy atom. The first-order valence-electron chi connectivity index (χ1n) is 7.13. The Bertz CT molecular complexity index is 728. The third kappa shape index (κ3) is 4.58. The molecule has 0 unspecified atom stereocenters. The molecule has 24 heavy (non-hydrogen) atoms. The van der Waals surface area contributed by atoms with Crippen molar-refractivity contribution in [3.05, 3.63) is 71.0 Å². The second-order valence-electron chi connectivity index (χ2n) is 5.23. The molecule has 0 aromatic heterocycles. The molecular weight excluding hydrogens is 321 g/mol. The largest absolute Gasteiger partial charge is 0.368 e. The molecule has 0 bridgehead atoms. The van der Waals surface area contributed by atoms with Gasteiger partial charge in [0.2, 0.25) is 11.8 Å². The Hall–Kier alpha value is -2.83. The molecule has 0 aliphatic carbocycles. The van der Waals surface area contributed by atoms with Crippen LogP contribution in [0.15, 0.2) is 42.5 Å². The highest BCUT2D eigenvalue weighted by atomic mass is 19.1. The molecular formula is C17H15F3N2O2. The number of nitrogens with two attached hydrogens (primary N) is 1. The van der Waals surface area contributed by atoms with Crippen molar-refractivity contribution in [2.75, 3.05) is 0 Å². The van der Waals surface area contributed by atoms with Gasteiger partial charge in [0.25, 0.3) is 0 Å². The lowest BCUT2D eigenvalue weighted by Gasteiger charge is -2.16. The summed E-state index contributed by atoms with van der Waals surface area (Å²) < 4.78 is 40.0. The molecule has 7 heteroatoms. The summed E-state index contributed by atoms with van der Waals surface area (Å²) in [5, 5.41) is 2.34. The lowest BCUT2D eigenvalue weighted by atomic mass is 10.0. The summed E-state index contributed by atoms with van der Waals surface area (Å²) in [5.74, 6) is -3.68. The van der Waals surface area contributed by atoms with Gasteiger partial charge in [0, 0.05) is 12.0 Å². The molecule has 0 saturated carbocycles. The van der Waals surface area contributed by atoms with Crippen LogP contribution in [0, 0.1) is 17.5 Å². The molecule has 1 atom stereocenters. The minimum atomic E-state index is -1.07.